The number of halogens is 1. The normalized spacial score (nSPS) is 10.3. The van der Waals surface area contributed by atoms with E-state index in [2.05, 4.69) is 9.97 Å². The van der Waals surface area contributed by atoms with Crippen molar-refractivity contribution in [2.45, 2.75) is 6.92 Å². The molecule has 0 aliphatic rings. The van der Waals surface area contributed by atoms with Crippen LogP contribution >= 0.6 is 11.6 Å². The minimum absolute atomic E-state index is 0.0956. The molecule has 17 heavy (non-hydrogen) atoms. The fraction of sp³-hybridized carbons (Fsp3) is 0.167. The highest BCUT2D eigenvalue weighted by atomic mass is 35.5. The highest BCUT2D eigenvalue weighted by molar-refractivity contribution is 6.32. The molecular weight excluding hydrogens is 238 g/mol. The lowest BCUT2D eigenvalue weighted by atomic mass is 10.2. The molecule has 0 fully saturated rings. The van der Waals surface area contributed by atoms with Gasteiger partial charge in [-0.2, -0.15) is 0 Å². The van der Waals surface area contributed by atoms with Gasteiger partial charge in [-0.05, 0) is 18.6 Å². The molecule has 0 spiro atoms. The Bertz CT molecular complexity index is 594. The topological polar surface area (TPSA) is 49.0 Å². The van der Waals surface area contributed by atoms with Crippen LogP contribution in [0.4, 0.5) is 11.5 Å². The molecular formula is C12H12ClN3O. The third-order valence-electron chi connectivity index (χ3n) is 2.57. The Morgan fingerprint density at radius 1 is 1.35 bits per heavy atom. The van der Waals surface area contributed by atoms with Crippen molar-refractivity contribution in [3.05, 3.63) is 51.5 Å². The van der Waals surface area contributed by atoms with Crippen molar-refractivity contribution in [2.75, 3.05) is 11.9 Å². The van der Waals surface area contributed by atoms with E-state index >= 15 is 0 Å². The number of nitrogens with zero attached hydrogens (tertiary/aromatic N) is 2. The molecule has 5 heteroatoms. The van der Waals surface area contributed by atoms with Crippen LogP contribution in [-0.4, -0.2) is 17.0 Å². The second-order valence-corrected chi connectivity index (χ2v) is 4.09. The van der Waals surface area contributed by atoms with Gasteiger partial charge >= 0.3 is 0 Å². The molecule has 4 nitrogen and oxygen atoms in total. The van der Waals surface area contributed by atoms with Crippen molar-refractivity contribution in [3.63, 3.8) is 0 Å². The molecule has 0 saturated carbocycles. The molecule has 0 aliphatic heterocycles. The number of aromatic nitrogens is 2. The SMILES string of the molecule is Cc1ccccc1N(C)c1nc[nH]c(=O)c1Cl. The number of para-hydroxylation sites is 1. The third kappa shape index (κ3) is 2.17. The van der Waals surface area contributed by atoms with Crippen LogP contribution in [0.3, 0.4) is 0 Å². The average Bonchev–Trinajstić information content (AvgIpc) is 2.32. The summed E-state index contributed by atoms with van der Waals surface area (Å²) in [7, 11) is 1.83. The summed E-state index contributed by atoms with van der Waals surface area (Å²) in [6.45, 7) is 1.99. The molecule has 1 aromatic heterocycles. The van der Waals surface area contributed by atoms with E-state index in [4.69, 9.17) is 11.6 Å². The maximum Gasteiger partial charge on any atom is 0.271 e. The second kappa shape index (κ2) is 4.59. The molecule has 0 saturated heterocycles. The van der Waals surface area contributed by atoms with E-state index in [1.54, 1.807) is 4.90 Å². The lowest BCUT2D eigenvalue weighted by Gasteiger charge is -2.20. The minimum atomic E-state index is -0.336. The van der Waals surface area contributed by atoms with E-state index in [-0.39, 0.29) is 10.6 Å². The van der Waals surface area contributed by atoms with Crippen molar-refractivity contribution >= 4 is 23.1 Å². The molecule has 0 aliphatic carbocycles. The average molecular weight is 250 g/mol. The third-order valence-corrected chi connectivity index (χ3v) is 2.91. The fourth-order valence-corrected chi connectivity index (χ4v) is 1.89. The van der Waals surface area contributed by atoms with Crippen LogP contribution in [-0.2, 0) is 0 Å². The number of H-pyrrole nitrogens is 1. The molecule has 2 rings (SSSR count). The van der Waals surface area contributed by atoms with E-state index in [0.717, 1.165) is 11.3 Å². The Morgan fingerprint density at radius 3 is 2.76 bits per heavy atom. The van der Waals surface area contributed by atoms with Gasteiger partial charge in [0.15, 0.2) is 5.82 Å². The quantitative estimate of drug-likeness (QED) is 0.890. The summed E-state index contributed by atoms with van der Waals surface area (Å²) in [5, 5.41) is 0.0956. The van der Waals surface area contributed by atoms with E-state index < -0.39 is 0 Å². The summed E-state index contributed by atoms with van der Waals surface area (Å²) >= 11 is 5.94. The number of hydrogen-bond acceptors (Lipinski definition) is 3. The molecule has 0 atom stereocenters. The summed E-state index contributed by atoms with van der Waals surface area (Å²) < 4.78 is 0. The summed E-state index contributed by atoms with van der Waals surface area (Å²) in [6, 6.07) is 7.83. The molecule has 1 aromatic carbocycles. The summed E-state index contributed by atoms with van der Waals surface area (Å²) in [5.41, 5.74) is 1.72. The predicted octanol–water partition coefficient (Wildman–Crippen LogP) is 2.50. The molecule has 88 valence electrons. The van der Waals surface area contributed by atoms with Gasteiger partial charge in [-0.3, -0.25) is 4.79 Å². The number of rotatable bonds is 2. The van der Waals surface area contributed by atoms with Gasteiger partial charge in [0, 0.05) is 12.7 Å². The lowest BCUT2D eigenvalue weighted by molar-refractivity contribution is 1.05. The molecule has 1 N–H and O–H groups in total. The Hall–Kier alpha value is -1.81. The van der Waals surface area contributed by atoms with E-state index in [1.807, 2.05) is 38.2 Å². The van der Waals surface area contributed by atoms with Crippen LogP contribution in [0.5, 0.6) is 0 Å². The van der Waals surface area contributed by atoms with Gasteiger partial charge in [-0.1, -0.05) is 29.8 Å². The molecule has 0 radical (unpaired) electrons. The number of aryl methyl sites for hydroxylation is 1. The fourth-order valence-electron chi connectivity index (χ4n) is 1.66. The van der Waals surface area contributed by atoms with Crippen LogP contribution < -0.4 is 10.5 Å². The molecule has 2 aromatic rings. The van der Waals surface area contributed by atoms with Gasteiger partial charge < -0.3 is 9.88 Å². The van der Waals surface area contributed by atoms with Crippen molar-refractivity contribution in [3.8, 4) is 0 Å². The van der Waals surface area contributed by atoms with Gasteiger partial charge in [0.25, 0.3) is 5.56 Å². The number of benzene rings is 1. The van der Waals surface area contributed by atoms with Crippen molar-refractivity contribution in [1.82, 2.24) is 9.97 Å². The van der Waals surface area contributed by atoms with E-state index in [0.29, 0.717) is 5.82 Å². The Labute approximate surface area is 104 Å². The minimum Gasteiger partial charge on any atom is -0.328 e. The van der Waals surface area contributed by atoms with Gasteiger partial charge in [0.2, 0.25) is 0 Å². The first-order valence-corrected chi connectivity index (χ1v) is 5.51. The maximum absolute atomic E-state index is 11.4. The Balaban J connectivity index is 2.52. The first kappa shape index (κ1) is 11.7. The number of nitrogens with one attached hydrogen (secondary N) is 1. The van der Waals surface area contributed by atoms with Crippen LogP contribution in [0, 0.1) is 6.92 Å². The Morgan fingerprint density at radius 2 is 2.06 bits per heavy atom. The van der Waals surface area contributed by atoms with Gasteiger partial charge in [-0.15, -0.1) is 0 Å². The summed E-state index contributed by atoms with van der Waals surface area (Å²) in [5.74, 6) is 0.449. The molecule has 0 amide bonds. The van der Waals surface area contributed by atoms with Crippen LogP contribution in [0.1, 0.15) is 5.56 Å². The Kier molecular flexibility index (Phi) is 3.15. The van der Waals surface area contributed by atoms with Gasteiger partial charge in [0.05, 0.1) is 6.33 Å². The van der Waals surface area contributed by atoms with Gasteiger partial charge in [0.1, 0.15) is 5.02 Å². The molecule has 1 heterocycles. The van der Waals surface area contributed by atoms with Crippen molar-refractivity contribution < 1.29 is 0 Å². The zero-order valence-electron chi connectivity index (χ0n) is 9.57. The highest BCUT2D eigenvalue weighted by Crippen LogP contribution is 2.27. The van der Waals surface area contributed by atoms with Crippen LogP contribution in [0.2, 0.25) is 5.02 Å². The standard InChI is InChI=1S/C12H12ClN3O/c1-8-5-3-4-6-9(8)16(2)11-10(13)12(17)15-7-14-11/h3-7H,1-2H3,(H,14,15,17). The molecule has 0 bridgehead atoms. The van der Waals surface area contributed by atoms with Crippen LogP contribution in [0.25, 0.3) is 0 Å². The smallest absolute Gasteiger partial charge is 0.271 e. The lowest BCUT2D eigenvalue weighted by Crippen LogP contribution is -2.18. The largest absolute Gasteiger partial charge is 0.328 e. The van der Waals surface area contributed by atoms with E-state index in [9.17, 15) is 4.79 Å². The first-order valence-electron chi connectivity index (χ1n) is 5.14. The first-order chi connectivity index (χ1) is 8.11. The van der Waals surface area contributed by atoms with E-state index in [1.165, 1.54) is 6.33 Å². The summed E-state index contributed by atoms with van der Waals surface area (Å²) in [6.07, 6.45) is 1.35. The van der Waals surface area contributed by atoms with Crippen molar-refractivity contribution in [2.24, 2.45) is 0 Å². The molecule has 0 unspecified atom stereocenters. The zero-order chi connectivity index (χ0) is 12.4. The monoisotopic (exact) mass is 249 g/mol. The second-order valence-electron chi connectivity index (χ2n) is 3.71. The maximum atomic E-state index is 11.4. The number of hydrogen-bond donors (Lipinski definition) is 1. The highest BCUT2D eigenvalue weighted by Gasteiger charge is 2.13. The van der Waals surface area contributed by atoms with Crippen LogP contribution in [0.15, 0.2) is 35.4 Å². The predicted molar refractivity (Wildman–Crippen MR) is 69.1 cm³/mol. The zero-order valence-corrected chi connectivity index (χ0v) is 10.3. The number of anilines is 2. The summed E-state index contributed by atoms with van der Waals surface area (Å²) in [4.78, 5) is 19.7. The van der Waals surface area contributed by atoms with Crippen molar-refractivity contribution in [1.29, 1.82) is 0 Å². The van der Waals surface area contributed by atoms with Gasteiger partial charge in [-0.25, -0.2) is 4.98 Å². The number of aromatic amines is 1.